The van der Waals surface area contributed by atoms with Crippen molar-refractivity contribution in [3.63, 3.8) is 0 Å². The molecule has 0 saturated heterocycles. The van der Waals surface area contributed by atoms with Crippen molar-refractivity contribution in [1.82, 2.24) is 5.32 Å². The minimum atomic E-state index is -0.0540. The van der Waals surface area contributed by atoms with Gasteiger partial charge >= 0.3 is 0 Å². The van der Waals surface area contributed by atoms with E-state index < -0.39 is 0 Å². The van der Waals surface area contributed by atoms with Gasteiger partial charge in [-0.25, -0.2) is 0 Å². The lowest BCUT2D eigenvalue weighted by Crippen LogP contribution is -2.21. The molecular formula is C10H6Br3NOS2. The van der Waals surface area contributed by atoms with Gasteiger partial charge in [-0.15, -0.1) is 22.7 Å². The Morgan fingerprint density at radius 3 is 2.59 bits per heavy atom. The van der Waals surface area contributed by atoms with E-state index in [9.17, 15) is 4.79 Å². The van der Waals surface area contributed by atoms with Crippen molar-refractivity contribution in [1.29, 1.82) is 0 Å². The predicted octanol–water partition coefficient (Wildman–Crippen LogP) is 5.03. The molecule has 0 saturated carbocycles. The molecular weight excluding hydrogens is 454 g/mol. The van der Waals surface area contributed by atoms with Crippen molar-refractivity contribution in [2.45, 2.75) is 6.54 Å². The molecule has 90 valence electrons. The minimum Gasteiger partial charge on any atom is -0.346 e. The van der Waals surface area contributed by atoms with Crippen molar-refractivity contribution >= 4 is 76.4 Å². The first-order valence-electron chi connectivity index (χ1n) is 4.53. The maximum absolute atomic E-state index is 11.9. The molecule has 0 aliphatic heterocycles. The van der Waals surface area contributed by atoms with Gasteiger partial charge in [0.1, 0.15) is 0 Å². The summed E-state index contributed by atoms with van der Waals surface area (Å²) in [5.74, 6) is -0.0540. The third-order valence-electron chi connectivity index (χ3n) is 1.97. The lowest BCUT2D eigenvalue weighted by molar-refractivity contribution is 0.0955. The maximum Gasteiger partial charge on any atom is 0.261 e. The molecule has 0 unspecified atom stereocenters. The summed E-state index contributed by atoms with van der Waals surface area (Å²) in [6.07, 6.45) is 0. The molecule has 1 N–H and O–H groups in total. The van der Waals surface area contributed by atoms with Crippen molar-refractivity contribution in [3.8, 4) is 0 Å². The van der Waals surface area contributed by atoms with Gasteiger partial charge in [0.15, 0.2) is 0 Å². The van der Waals surface area contributed by atoms with Crippen LogP contribution in [0.1, 0.15) is 14.5 Å². The highest BCUT2D eigenvalue weighted by Crippen LogP contribution is 2.32. The normalized spacial score (nSPS) is 10.5. The second kappa shape index (κ2) is 5.97. The van der Waals surface area contributed by atoms with E-state index in [2.05, 4.69) is 53.1 Å². The highest BCUT2D eigenvalue weighted by Gasteiger charge is 2.12. The van der Waals surface area contributed by atoms with Crippen LogP contribution in [0.3, 0.4) is 0 Å². The molecule has 0 aliphatic carbocycles. The number of hydrogen-bond donors (Lipinski definition) is 1. The summed E-state index contributed by atoms with van der Waals surface area (Å²) in [7, 11) is 0. The standard InChI is InChI=1S/C10H6Br3NOS2/c11-5-1-2-16-8(5)4-14-10(15)7-3-6(12)9(13)17-7/h1-3H,4H2,(H,14,15). The summed E-state index contributed by atoms with van der Waals surface area (Å²) >= 11 is 13.2. The smallest absolute Gasteiger partial charge is 0.261 e. The second-order valence-corrected chi connectivity index (χ2v) is 8.19. The molecule has 0 radical (unpaired) electrons. The summed E-state index contributed by atoms with van der Waals surface area (Å²) in [6, 6.07) is 3.79. The molecule has 7 heteroatoms. The van der Waals surface area contributed by atoms with Gasteiger partial charge in [-0.3, -0.25) is 4.79 Å². The van der Waals surface area contributed by atoms with E-state index in [0.717, 1.165) is 17.6 Å². The van der Waals surface area contributed by atoms with Gasteiger partial charge in [-0.1, -0.05) is 0 Å². The average Bonchev–Trinajstić information content (AvgIpc) is 2.83. The van der Waals surface area contributed by atoms with Gasteiger partial charge in [-0.05, 0) is 65.3 Å². The van der Waals surface area contributed by atoms with E-state index in [1.807, 2.05) is 17.5 Å². The Bertz CT molecular complexity index is 530. The quantitative estimate of drug-likeness (QED) is 0.685. The van der Waals surface area contributed by atoms with Crippen LogP contribution < -0.4 is 5.32 Å². The number of nitrogens with one attached hydrogen (secondary N) is 1. The van der Waals surface area contributed by atoms with Gasteiger partial charge < -0.3 is 5.32 Å². The minimum absolute atomic E-state index is 0.0540. The van der Waals surface area contributed by atoms with E-state index in [-0.39, 0.29) is 5.91 Å². The summed E-state index contributed by atoms with van der Waals surface area (Å²) in [5, 5.41) is 4.88. The third-order valence-corrected chi connectivity index (χ3v) is 7.15. The molecule has 0 aliphatic rings. The van der Waals surface area contributed by atoms with Crippen LogP contribution in [0, 0.1) is 0 Å². The van der Waals surface area contributed by atoms with E-state index >= 15 is 0 Å². The van der Waals surface area contributed by atoms with Crippen LogP contribution in [0.4, 0.5) is 0 Å². The summed E-state index contributed by atoms with van der Waals surface area (Å²) in [5.41, 5.74) is 0. The highest BCUT2D eigenvalue weighted by molar-refractivity contribution is 9.13. The van der Waals surface area contributed by atoms with Crippen LogP contribution in [0.25, 0.3) is 0 Å². The molecule has 2 aromatic rings. The van der Waals surface area contributed by atoms with Crippen LogP contribution in [0.15, 0.2) is 30.2 Å². The van der Waals surface area contributed by atoms with Crippen molar-refractivity contribution in [2.24, 2.45) is 0 Å². The van der Waals surface area contributed by atoms with Crippen LogP contribution >= 0.6 is 70.5 Å². The monoisotopic (exact) mass is 457 g/mol. The van der Waals surface area contributed by atoms with Crippen LogP contribution in [-0.4, -0.2) is 5.91 Å². The lowest BCUT2D eigenvalue weighted by Gasteiger charge is -2.01. The second-order valence-electron chi connectivity index (χ2n) is 3.11. The van der Waals surface area contributed by atoms with Gasteiger partial charge in [0, 0.05) is 13.8 Å². The molecule has 0 bridgehead atoms. The molecule has 2 rings (SSSR count). The Labute approximate surface area is 132 Å². The zero-order valence-corrected chi connectivity index (χ0v) is 14.7. The van der Waals surface area contributed by atoms with Crippen molar-refractivity contribution in [3.05, 3.63) is 40.0 Å². The Balaban J connectivity index is 2.00. The summed E-state index contributed by atoms with van der Waals surface area (Å²) < 4.78 is 2.88. The number of hydrogen-bond acceptors (Lipinski definition) is 3. The van der Waals surface area contributed by atoms with Gasteiger partial charge in [0.2, 0.25) is 0 Å². The van der Waals surface area contributed by atoms with Gasteiger partial charge in [0.25, 0.3) is 5.91 Å². The highest BCUT2D eigenvalue weighted by atomic mass is 79.9. The van der Waals surface area contributed by atoms with Crippen LogP contribution in [-0.2, 0) is 6.54 Å². The molecule has 0 atom stereocenters. The molecule has 2 nitrogen and oxygen atoms in total. The molecule has 17 heavy (non-hydrogen) atoms. The fourth-order valence-electron chi connectivity index (χ4n) is 1.16. The largest absolute Gasteiger partial charge is 0.346 e. The van der Waals surface area contributed by atoms with Gasteiger partial charge in [0.05, 0.1) is 15.2 Å². The zero-order chi connectivity index (χ0) is 12.4. The fourth-order valence-corrected chi connectivity index (χ4v) is 4.54. The van der Waals surface area contributed by atoms with Crippen molar-refractivity contribution < 1.29 is 4.79 Å². The number of carbonyl (C=O) groups excluding carboxylic acids is 1. The first kappa shape index (κ1) is 13.7. The Hall–Kier alpha value is 0.310. The Morgan fingerprint density at radius 2 is 2.06 bits per heavy atom. The number of rotatable bonds is 3. The lowest BCUT2D eigenvalue weighted by atomic mass is 10.4. The zero-order valence-electron chi connectivity index (χ0n) is 8.30. The SMILES string of the molecule is O=C(NCc1sccc1Br)c1cc(Br)c(Br)s1. The van der Waals surface area contributed by atoms with Crippen LogP contribution in [0.2, 0.25) is 0 Å². The molecule has 0 spiro atoms. The molecule has 1 amide bonds. The van der Waals surface area contributed by atoms with E-state index in [0.29, 0.717) is 11.4 Å². The first-order chi connectivity index (χ1) is 8.08. The first-order valence-corrected chi connectivity index (χ1v) is 8.60. The number of carbonyl (C=O) groups is 1. The topological polar surface area (TPSA) is 29.1 Å². The van der Waals surface area contributed by atoms with Crippen LogP contribution in [0.5, 0.6) is 0 Å². The predicted molar refractivity (Wildman–Crippen MR) is 82.9 cm³/mol. The van der Waals surface area contributed by atoms with Gasteiger partial charge in [-0.2, -0.15) is 0 Å². The maximum atomic E-state index is 11.9. The number of amides is 1. The number of thiophene rings is 2. The number of halogens is 3. The Morgan fingerprint density at radius 1 is 1.29 bits per heavy atom. The molecule has 0 aromatic carbocycles. The molecule has 0 fully saturated rings. The Kier molecular flexibility index (Phi) is 4.82. The van der Waals surface area contributed by atoms with E-state index in [1.165, 1.54) is 11.3 Å². The molecule has 2 aromatic heterocycles. The average molecular weight is 460 g/mol. The van der Waals surface area contributed by atoms with E-state index in [4.69, 9.17) is 0 Å². The van der Waals surface area contributed by atoms with Crippen molar-refractivity contribution in [2.75, 3.05) is 0 Å². The summed E-state index contributed by atoms with van der Waals surface area (Å²) in [6.45, 7) is 0.546. The van der Waals surface area contributed by atoms with E-state index in [1.54, 1.807) is 11.3 Å². The third kappa shape index (κ3) is 3.41. The fraction of sp³-hybridized carbons (Fsp3) is 0.100. The molecule has 2 heterocycles. The summed E-state index contributed by atoms with van der Waals surface area (Å²) in [4.78, 5) is 13.7.